The lowest BCUT2D eigenvalue weighted by atomic mass is 9.85. The van der Waals surface area contributed by atoms with E-state index >= 15 is 0 Å². The summed E-state index contributed by atoms with van der Waals surface area (Å²) in [5.41, 5.74) is 0. The van der Waals surface area contributed by atoms with E-state index in [-0.39, 0.29) is 18.9 Å². The summed E-state index contributed by atoms with van der Waals surface area (Å²) in [7, 11) is 0. The molecule has 0 aromatic carbocycles. The molecule has 1 aliphatic heterocycles. The van der Waals surface area contributed by atoms with Crippen molar-refractivity contribution >= 4 is 0 Å². The average Bonchev–Trinajstić information content (AvgIpc) is 2.44. The molecule has 1 atom stereocenters. The van der Waals surface area contributed by atoms with Gasteiger partial charge in [0.15, 0.2) is 0 Å². The van der Waals surface area contributed by atoms with Gasteiger partial charge in [-0.2, -0.15) is 0 Å². The van der Waals surface area contributed by atoms with Crippen molar-refractivity contribution in [2.75, 3.05) is 6.54 Å². The lowest BCUT2D eigenvalue weighted by Crippen LogP contribution is -2.47. The second kappa shape index (κ2) is 4.77. The molecule has 88 valence electrons. The average molecular weight is 217 g/mol. The first kappa shape index (κ1) is 11.3. The smallest absolute Gasteiger partial charge is 0.250 e. The second-order valence-corrected chi connectivity index (χ2v) is 5.12. The third-order valence-corrected chi connectivity index (χ3v) is 3.88. The van der Waals surface area contributed by atoms with Crippen LogP contribution in [0.4, 0.5) is 8.78 Å². The van der Waals surface area contributed by atoms with E-state index in [0.717, 1.165) is 12.8 Å². The van der Waals surface area contributed by atoms with Crippen LogP contribution in [0.2, 0.25) is 0 Å². The summed E-state index contributed by atoms with van der Waals surface area (Å²) >= 11 is 0. The Morgan fingerprint density at radius 2 is 1.67 bits per heavy atom. The topological polar surface area (TPSA) is 12.0 Å². The minimum atomic E-state index is -2.41. The molecule has 0 bridgehead atoms. The Kier molecular flexibility index (Phi) is 3.60. The number of alkyl halides is 2. The first-order valence-corrected chi connectivity index (χ1v) is 6.29. The van der Waals surface area contributed by atoms with E-state index in [0.29, 0.717) is 12.5 Å². The molecule has 1 nitrogen and oxygen atoms in total. The van der Waals surface area contributed by atoms with Crippen molar-refractivity contribution in [2.24, 2.45) is 5.92 Å². The van der Waals surface area contributed by atoms with Crippen LogP contribution in [0, 0.1) is 5.92 Å². The molecule has 1 aliphatic carbocycles. The van der Waals surface area contributed by atoms with Crippen molar-refractivity contribution in [1.82, 2.24) is 5.32 Å². The molecule has 1 heterocycles. The third kappa shape index (κ3) is 3.13. The molecule has 0 amide bonds. The molecule has 3 heteroatoms. The predicted octanol–water partition coefficient (Wildman–Crippen LogP) is 3.34. The zero-order valence-electron chi connectivity index (χ0n) is 9.27. The largest absolute Gasteiger partial charge is 0.313 e. The molecular weight excluding hydrogens is 196 g/mol. The zero-order chi connectivity index (χ0) is 10.7. The van der Waals surface area contributed by atoms with Crippen LogP contribution < -0.4 is 5.32 Å². The van der Waals surface area contributed by atoms with E-state index in [9.17, 15) is 8.78 Å². The number of rotatable bonds is 1. The Bertz CT molecular complexity index is 198. The molecule has 2 aliphatic rings. The van der Waals surface area contributed by atoms with Crippen molar-refractivity contribution in [3.05, 3.63) is 0 Å². The SMILES string of the molecule is FC1(F)CCNC(C2CCCCCC2)C1. The fourth-order valence-corrected chi connectivity index (χ4v) is 2.98. The molecule has 1 saturated carbocycles. The molecular formula is C12H21F2N. The Balaban J connectivity index is 1.90. The lowest BCUT2D eigenvalue weighted by molar-refractivity contribution is -0.0493. The molecule has 0 radical (unpaired) electrons. The summed E-state index contributed by atoms with van der Waals surface area (Å²) in [4.78, 5) is 0. The fraction of sp³-hybridized carbons (Fsp3) is 1.00. The van der Waals surface area contributed by atoms with Crippen LogP contribution in [0.5, 0.6) is 0 Å². The van der Waals surface area contributed by atoms with Gasteiger partial charge in [-0.05, 0) is 18.8 Å². The van der Waals surface area contributed by atoms with Gasteiger partial charge in [-0.1, -0.05) is 25.7 Å². The number of hydrogen-bond donors (Lipinski definition) is 1. The van der Waals surface area contributed by atoms with Gasteiger partial charge >= 0.3 is 0 Å². The van der Waals surface area contributed by atoms with Crippen LogP contribution >= 0.6 is 0 Å². The molecule has 2 rings (SSSR count). The molecule has 2 fully saturated rings. The number of nitrogens with one attached hydrogen (secondary N) is 1. The number of hydrogen-bond acceptors (Lipinski definition) is 1. The highest BCUT2D eigenvalue weighted by Gasteiger charge is 2.38. The second-order valence-electron chi connectivity index (χ2n) is 5.12. The maximum Gasteiger partial charge on any atom is 0.250 e. The Labute approximate surface area is 90.6 Å². The van der Waals surface area contributed by atoms with Gasteiger partial charge in [0.1, 0.15) is 0 Å². The van der Waals surface area contributed by atoms with Gasteiger partial charge < -0.3 is 5.32 Å². The quantitative estimate of drug-likeness (QED) is 0.664. The van der Waals surface area contributed by atoms with Crippen molar-refractivity contribution in [3.63, 3.8) is 0 Å². The highest BCUT2D eigenvalue weighted by atomic mass is 19.3. The molecule has 1 saturated heterocycles. The summed E-state index contributed by atoms with van der Waals surface area (Å²) in [6, 6.07) is 0.0758. The van der Waals surface area contributed by atoms with Gasteiger partial charge in [-0.15, -0.1) is 0 Å². The van der Waals surface area contributed by atoms with Crippen molar-refractivity contribution < 1.29 is 8.78 Å². The standard InChI is InChI=1S/C12H21F2N/c13-12(14)7-8-15-11(9-12)10-5-3-1-2-4-6-10/h10-11,15H,1-9H2. The van der Waals surface area contributed by atoms with Gasteiger partial charge in [0, 0.05) is 25.4 Å². The van der Waals surface area contributed by atoms with Gasteiger partial charge in [0.05, 0.1) is 0 Å². The lowest BCUT2D eigenvalue weighted by Gasteiger charge is -2.35. The highest BCUT2D eigenvalue weighted by molar-refractivity contribution is 4.88. The van der Waals surface area contributed by atoms with Gasteiger partial charge in [-0.3, -0.25) is 0 Å². The molecule has 1 unspecified atom stereocenters. The maximum absolute atomic E-state index is 13.3. The molecule has 0 aromatic heterocycles. The Morgan fingerprint density at radius 1 is 1.00 bits per heavy atom. The number of halogens is 2. The van der Waals surface area contributed by atoms with E-state index in [1.165, 1.54) is 25.7 Å². The molecule has 1 N–H and O–H groups in total. The van der Waals surface area contributed by atoms with Crippen LogP contribution in [0.1, 0.15) is 51.4 Å². The Morgan fingerprint density at radius 3 is 2.27 bits per heavy atom. The maximum atomic E-state index is 13.3. The van der Waals surface area contributed by atoms with Gasteiger partial charge in [0.25, 0.3) is 5.92 Å². The Hall–Kier alpha value is -0.180. The predicted molar refractivity (Wildman–Crippen MR) is 57.2 cm³/mol. The normalized spacial score (nSPS) is 33.6. The summed E-state index contributed by atoms with van der Waals surface area (Å²) in [5.74, 6) is -1.92. The fourth-order valence-electron chi connectivity index (χ4n) is 2.98. The van der Waals surface area contributed by atoms with Gasteiger partial charge in [-0.25, -0.2) is 8.78 Å². The number of piperidine rings is 1. The van der Waals surface area contributed by atoms with E-state index in [1.54, 1.807) is 0 Å². The van der Waals surface area contributed by atoms with Crippen LogP contribution in [0.3, 0.4) is 0 Å². The first-order chi connectivity index (χ1) is 7.17. The third-order valence-electron chi connectivity index (χ3n) is 3.88. The first-order valence-electron chi connectivity index (χ1n) is 6.29. The zero-order valence-corrected chi connectivity index (χ0v) is 9.27. The van der Waals surface area contributed by atoms with Crippen LogP contribution in [0.25, 0.3) is 0 Å². The van der Waals surface area contributed by atoms with E-state index in [4.69, 9.17) is 0 Å². The minimum absolute atomic E-state index is 0.0240. The summed E-state index contributed by atoms with van der Waals surface area (Å²) in [6.45, 7) is 0.494. The van der Waals surface area contributed by atoms with Crippen molar-refractivity contribution in [1.29, 1.82) is 0 Å². The van der Waals surface area contributed by atoms with Crippen LogP contribution in [-0.4, -0.2) is 18.5 Å². The molecule has 15 heavy (non-hydrogen) atoms. The van der Waals surface area contributed by atoms with E-state index in [1.807, 2.05) is 0 Å². The van der Waals surface area contributed by atoms with Crippen molar-refractivity contribution in [3.8, 4) is 0 Å². The summed E-state index contributed by atoms with van der Waals surface area (Å²) in [5, 5.41) is 3.29. The van der Waals surface area contributed by atoms with Gasteiger partial charge in [0.2, 0.25) is 0 Å². The summed E-state index contributed by atoms with van der Waals surface area (Å²) < 4.78 is 26.5. The molecule has 0 spiro atoms. The highest BCUT2D eigenvalue weighted by Crippen LogP contribution is 2.34. The van der Waals surface area contributed by atoms with Crippen molar-refractivity contribution in [2.45, 2.75) is 63.3 Å². The minimum Gasteiger partial charge on any atom is -0.313 e. The monoisotopic (exact) mass is 217 g/mol. The summed E-state index contributed by atoms with van der Waals surface area (Å²) in [6.07, 6.45) is 7.43. The van der Waals surface area contributed by atoms with E-state index < -0.39 is 5.92 Å². The van der Waals surface area contributed by atoms with E-state index in [2.05, 4.69) is 5.32 Å². The van der Waals surface area contributed by atoms with Crippen LogP contribution in [0.15, 0.2) is 0 Å². The molecule has 0 aromatic rings. The van der Waals surface area contributed by atoms with Crippen LogP contribution in [-0.2, 0) is 0 Å².